The van der Waals surface area contributed by atoms with Gasteiger partial charge in [-0.25, -0.2) is 4.57 Å². The number of likely N-dealkylation sites (N-methyl/N-ethyl adjacent to an activating group) is 1. The Labute approximate surface area is 192 Å². The summed E-state index contributed by atoms with van der Waals surface area (Å²) in [7, 11) is -2.72. The van der Waals surface area contributed by atoms with E-state index in [1.54, 1.807) is 50.2 Å². The first-order chi connectivity index (χ1) is 15.2. The minimum atomic E-state index is -4.15. The van der Waals surface area contributed by atoms with Crippen molar-refractivity contribution in [3.63, 3.8) is 0 Å². The highest BCUT2D eigenvalue weighted by atomic mass is 35.5. The predicted octanol–water partition coefficient (Wildman–Crippen LogP) is 5.06. The monoisotopic (exact) mass is 483 g/mol. The summed E-state index contributed by atoms with van der Waals surface area (Å²) < 4.78 is 35.4. The molecule has 0 bridgehead atoms. The number of phosphoric acid groups is 1. The molecule has 1 aliphatic heterocycles. The molecule has 0 aliphatic carbocycles. The Kier molecular flexibility index (Phi) is 7.53. The average molecular weight is 484 g/mol. The van der Waals surface area contributed by atoms with Crippen LogP contribution in [0.1, 0.15) is 31.9 Å². The van der Waals surface area contributed by atoms with E-state index in [1.807, 2.05) is 6.92 Å². The lowest BCUT2D eigenvalue weighted by molar-refractivity contribution is -0.135. The first-order valence-electron chi connectivity index (χ1n) is 10.3. The van der Waals surface area contributed by atoms with Gasteiger partial charge in [0.25, 0.3) is 5.91 Å². The molecule has 1 heterocycles. The van der Waals surface area contributed by atoms with Gasteiger partial charge in [-0.05, 0) is 45.0 Å². The molecule has 2 aromatic rings. The minimum Gasteiger partial charge on any atom is -0.504 e. The number of methoxy groups -OCH3 is 1. The Hall–Kier alpha value is -2.09. The van der Waals surface area contributed by atoms with Crippen molar-refractivity contribution in [1.29, 1.82) is 0 Å². The fourth-order valence-electron chi connectivity index (χ4n) is 3.86. The normalized spacial score (nSPS) is 18.2. The number of anilines is 1. The van der Waals surface area contributed by atoms with Gasteiger partial charge >= 0.3 is 7.82 Å². The van der Waals surface area contributed by atoms with E-state index in [4.69, 9.17) is 29.9 Å². The van der Waals surface area contributed by atoms with Crippen molar-refractivity contribution >= 4 is 31.0 Å². The number of hydrogen-bond acceptors (Lipinski definition) is 7. The molecule has 1 aliphatic rings. The van der Waals surface area contributed by atoms with Gasteiger partial charge in [0.05, 0.1) is 26.0 Å². The van der Waals surface area contributed by atoms with Crippen molar-refractivity contribution in [3.8, 4) is 11.5 Å². The average Bonchev–Trinajstić information content (AvgIpc) is 2.96. The first-order valence-corrected chi connectivity index (χ1v) is 12.2. The van der Waals surface area contributed by atoms with Gasteiger partial charge in [-0.15, -0.1) is 0 Å². The lowest BCUT2D eigenvalue weighted by atomic mass is 9.88. The van der Waals surface area contributed by atoms with Crippen molar-refractivity contribution in [2.45, 2.75) is 32.8 Å². The molecule has 0 radical (unpaired) electrons. The van der Waals surface area contributed by atoms with E-state index in [-0.39, 0.29) is 31.1 Å². The summed E-state index contributed by atoms with van der Waals surface area (Å²) in [6.07, 6.45) is -0.150. The number of aromatic hydroxyl groups is 1. The van der Waals surface area contributed by atoms with Crippen LogP contribution in [0.5, 0.6) is 11.5 Å². The molecule has 8 nitrogen and oxygen atoms in total. The zero-order chi connectivity index (χ0) is 23.5. The number of carbonyl (C=O) groups is 1. The maximum absolute atomic E-state index is 13.8. The molecule has 1 atom stereocenters. The lowest BCUT2D eigenvalue weighted by Crippen LogP contribution is -2.43. The summed E-state index contributed by atoms with van der Waals surface area (Å²) in [4.78, 5) is 15.3. The molecule has 3 rings (SSSR count). The molecule has 32 heavy (non-hydrogen) atoms. The molecule has 1 amide bonds. The van der Waals surface area contributed by atoms with Crippen LogP contribution in [0.3, 0.4) is 0 Å². The van der Waals surface area contributed by atoms with Gasteiger partial charge in [-0.2, -0.15) is 0 Å². The van der Waals surface area contributed by atoms with Gasteiger partial charge in [0.1, 0.15) is 0 Å². The zero-order valence-corrected chi connectivity index (χ0v) is 20.1. The Morgan fingerprint density at radius 1 is 1.12 bits per heavy atom. The number of halogens is 1. The largest absolute Gasteiger partial charge is 0.504 e. The van der Waals surface area contributed by atoms with Crippen LogP contribution < -0.4 is 9.64 Å². The Bertz CT molecular complexity index is 1040. The lowest BCUT2D eigenvalue weighted by Gasteiger charge is -2.32. The van der Waals surface area contributed by atoms with Crippen molar-refractivity contribution in [3.05, 3.63) is 52.5 Å². The molecule has 2 aromatic carbocycles. The van der Waals surface area contributed by atoms with Crippen LogP contribution in [0.25, 0.3) is 0 Å². The van der Waals surface area contributed by atoms with Crippen LogP contribution in [0.2, 0.25) is 5.02 Å². The number of ether oxygens (including phenoxy) is 1. The number of nitrogens with zero attached hydrogens (tertiary/aromatic N) is 1. The van der Waals surface area contributed by atoms with Gasteiger partial charge in [-0.1, -0.05) is 23.7 Å². The number of phenolic OH excluding ortho intramolecular Hbond substituents is 1. The molecule has 0 saturated heterocycles. The number of phosphoric ester groups is 1. The second kappa shape index (κ2) is 9.81. The highest BCUT2D eigenvalue weighted by molar-refractivity contribution is 7.48. The van der Waals surface area contributed by atoms with Crippen LogP contribution in [0.4, 0.5) is 5.69 Å². The van der Waals surface area contributed by atoms with Crippen molar-refractivity contribution in [2.24, 2.45) is 0 Å². The number of amides is 1. The third kappa shape index (κ3) is 4.38. The molecular formula is C22H27ClNO7P. The van der Waals surface area contributed by atoms with Crippen LogP contribution in [-0.2, 0) is 35.0 Å². The van der Waals surface area contributed by atoms with Gasteiger partial charge in [0, 0.05) is 29.1 Å². The van der Waals surface area contributed by atoms with E-state index in [0.717, 1.165) is 0 Å². The standard InChI is InChI=1S/C22H27ClNO7P/c1-5-24-18-12-11-16(23)13-17(18)22(21(24)26,31-32(27,29-6-2)30-7-3)14-15-9-8-10-19(28-4)20(15)25/h8-13,25H,5-7,14H2,1-4H3. The van der Waals surface area contributed by atoms with Crippen LogP contribution in [0, 0.1) is 0 Å². The van der Waals surface area contributed by atoms with Crippen molar-refractivity contribution in [2.75, 3.05) is 31.8 Å². The summed E-state index contributed by atoms with van der Waals surface area (Å²) in [5.41, 5.74) is -0.455. The number of rotatable bonds is 10. The Morgan fingerprint density at radius 2 is 1.81 bits per heavy atom. The van der Waals surface area contributed by atoms with Crippen LogP contribution in [0.15, 0.2) is 36.4 Å². The quantitative estimate of drug-likeness (QED) is 0.472. The number of fused-ring (bicyclic) bond motifs is 1. The molecule has 0 spiro atoms. The van der Waals surface area contributed by atoms with Crippen LogP contribution in [-0.4, -0.2) is 37.9 Å². The molecule has 10 heteroatoms. The number of hydrogen-bond donors (Lipinski definition) is 1. The molecule has 1 unspecified atom stereocenters. The maximum Gasteiger partial charge on any atom is 0.476 e. The summed E-state index contributed by atoms with van der Waals surface area (Å²) in [6, 6.07) is 9.90. The minimum absolute atomic E-state index is 0.0475. The Morgan fingerprint density at radius 3 is 2.41 bits per heavy atom. The summed E-state index contributed by atoms with van der Waals surface area (Å²) >= 11 is 6.28. The molecule has 0 fully saturated rings. The number of phenols is 1. The third-order valence-corrected chi connectivity index (χ3v) is 7.09. The number of para-hydroxylation sites is 1. The summed E-state index contributed by atoms with van der Waals surface area (Å²) in [6.45, 7) is 5.55. The van der Waals surface area contributed by atoms with Gasteiger partial charge < -0.3 is 14.7 Å². The topological polar surface area (TPSA) is 94.5 Å². The van der Waals surface area contributed by atoms with Gasteiger partial charge in [0.15, 0.2) is 17.1 Å². The number of carbonyl (C=O) groups excluding carboxylic acids is 1. The summed E-state index contributed by atoms with van der Waals surface area (Å²) in [5.74, 6) is -0.370. The fourth-order valence-corrected chi connectivity index (χ4v) is 5.46. The van der Waals surface area contributed by atoms with E-state index in [0.29, 0.717) is 28.4 Å². The molecule has 1 N–H and O–H groups in total. The zero-order valence-electron chi connectivity index (χ0n) is 18.5. The highest BCUT2D eigenvalue weighted by Crippen LogP contribution is 2.59. The SMILES string of the molecule is CCOP(=O)(OCC)OC1(Cc2cccc(OC)c2O)C(=O)N(CC)c2ccc(Cl)cc21. The smallest absolute Gasteiger partial charge is 0.476 e. The van der Waals surface area contributed by atoms with Crippen LogP contribution >= 0.6 is 19.4 Å². The van der Waals surface area contributed by atoms with E-state index in [9.17, 15) is 14.5 Å². The van der Waals surface area contributed by atoms with Crippen molar-refractivity contribution in [1.82, 2.24) is 0 Å². The second-order valence-electron chi connectivity index (χ2n) is 7.06. The highest BCUT2D eigenvalue weighted by Gasteiger charge is 2.56. The van der Waals surface area contributed by atoms with E-state index < -0.39 is 19.3 Å². The Balaban J connectivity index is 2.24. The first kappa shape index (κ1) is 24.6. The predicted molar refractivity (Wildman–Crippen MR) is 121 cm³/mol. The van der Waals surface area contributed by atoms with E-state index in [2.05, 4.69) is 0 Å². The molecule has 174 valence electrons. The third-order valence-electron chi connectivity index (χ3n) is 5.18. The second-order valence-corrected chi connectivity index (χ2v) is 9.09. The van der Waals surface area contributed by atoms with Crippen molar-refractivity contribution < 1.29 is 32.8 Å². The molecular weight excluding hydrogens is 457 g/mol. The fraction of sp³-hybridized carbons (Fsp3) is 0.409. The molecule has 0 saturated carbocycles. The van der Waals surface area contributed by atoms with E-state index >= 15 is 0 Å². The van der Waals surface area contributed by atoms with Gasteiger partial charge in [-0.3, -0.25) is 18.4 Å². The number of benzene rings is 2. The molecule has 0 aromatic heterocycles. The van der Waals surface area contributed by atoms with E-state index in [1.165, 1.54) is 12.0 Å². The maximum atomic E-state index is 13.8. The summed E-state index contributed by atoms with van der Waals surface area (Å²) in [5, 5.41) is 11.1. The van der Waals surface area contributed by atoms with Gasteiger partial charge in [0.2, 0.25) is 0 Å².